The number of nitrogens with zero attached hydrogens (tertiary/aromatic N) is 3. The summed E-state index contributed by atoms with van der Waals surface area (Å²) >= 11 is 13.3. The van der Waals surface area contributed by atoms with E-state index < -0.39 is 0 Å². The van der Waals surface area contributed by atoms with E-state index in [9.17, 15) is 0 Å². The van der Waals surface area contributed by atoms with Crippen LogP contribution in [0.4, 0.5) is 5.82 Å². The second kappa shape index (κ2) is 4.51. The van der Waals surface area contributed by atoms with E-state index in [1.165, 1.54) is 5.75 Å². The first-order valence-electron chi connectivity index (χ1n) is 4.15. The molecule has 1 N–H and O–H groups in total. The molecule has 2 rings (SSSR count). The van der Waals surface area contributed by atoms with Crippen LogP contribution in [0.3, 0.4) is 0 Å². The van der Waals surface area contributed by atoms with Gasteiger partial charge < -0.3 is 5.32 Å². The lowest BCUT2D eigenvalue weighted by molar-refractivity contribution is 0.800. The number of thioether (sulfide) groups is 1. The normalized spacial score (nSPS) is 21.1. The maximum Gasteiger partial charge on any atom is 0.245 e. The molecule has 1 fully saturated rings. The van der Waals surface area contributed by atoms with E-state index in [4.69, 9.17) is 23.2 Å². The average molecular weight is 251 g/mol. The summed E-state index contributed by atoms with van der Waals surface area (Å²) in [5.74, 6) is 2.76. The van der Waals surface area contributed by atoms with Crippen molar-refractivity contribution in [1.82, 2.24) is 15.2 Å². The minimum Gasteiger partial charge on any atom is -0.364 e. The van der Waals surface area contributed by atoms with Gasteiger partial charge in [0.2, 0.25) is 5.28 Å². The van der Waals surface area contributed by atoms with Crippen LogP contribution < -0.4 is 5.32 Å². The molecule has 0 aromatic carbocycles. The predicted molar refractivity (Wildman–Crippen MR) is 59.2 cm³/mol. The first-order valence-corrected chi connectivity index (χ1v) is 6.07. The summed E-state index contributed by atoms with van der Waals surface area (Å²) in [6.45, 7) is 0. The van der Waals surface area contributed by atoms with Crippen LogP contribution in [0.1, 0.15) is 6.42 Å². The monoisotopic (exact) mass is 250 g/mol. The maximum atomic E-state index is 5.81. The minimum atomic E-state index is 0.113. The van der Waals surface area contributed by atoms with Crippen LogP contribution in [0.15, 0.2) is 0 Å². The molecule has 0 bridgehead atoms. The zero-order chi connectivity index (χ0) is 9.97. The van der Waals surface area contributed by atoms with E-state index in [0.717, 1.165) is 12.2 Å². The largest absolute Gasteiger partial charge is 0.364 e. The molecule has 0 radical (unpaired) electrons. The Morgan fingerprint density at radius 2 is 2.21 bits per heavy atom. The molecular formula is C7H8Cl2N4S. The molecule has 1 aliphatic heterocycles. The number of anilines is 1. The summed E-state index contributed by atoms with van der Waals surface area (Å²) in [4.78, 5) is 3.98. The third kappa shape index (κ3) is 2.40. The molecule has 0 saturated carbocycles. The van der Waals surface area contributed by atoms with Gasteiger partial charge in [-0.15, -0.1) is 10.2 Å². The SMILES string of the molecule is Clc1nnc(Cl)c(NC2CCSC2)n1. The van der Waals surface area contributed by atoms with Crippen LogP contribution in [0.2, 0.25) is 10.4 Å². The van der Waals surface area contributed by atoms with Crippen LogP contribution in [-0.2, 0) is 0 Å². The van der Waals surface area contributed by atoms with E-state index in [1.807, 2.05) is 11.8 Å². The highest BCUT2D eigenvalue weighted by molar-refractivity contribution is 7.99. The van der Waals surface area contributed by atoms with Crippen LogP contribution >= 0.6 is 35.0 Å². The molecule has 1 unspecified atom stereocenters. The van der Waals surface area contributed by atoms with E-state index in [-0.39, 0.29) is 10.4 Å². The van der Waals surface area contributed by atoms with Gasteiger partial charge in [0.25, 0.3) is 0 Å². The van der Waals surface area contributed by atoms with Gasteiger partial charge in [0, 0.05) is 11.8 Å². The van der Waals surface area contributed by atoms with Crippen molar-refractivity contribution in [2.24, 2.45) is 0 Å². The van der Waals surface area contributed by atoms with Gasteiger partial charge in [-0.2, -0.15) is 16.7 Å². The third-order valence-electron chi connectivity index (χ3n) is 1.89. The van der Waals surface area contributed by atoms with Crippen molar-refractivity contribution in [3.8, 4) is 0 Å². The first kappa shape index (κ1) is 10.3. The van der Waals surface area contributed by atoms with Gasteiger partial charge in [-0.3, -0.25) is 0 Å². The summed E-state index contributed by atoms with van der Waals surface area (Å²) in [6, 6.07) is 0.408. The summed E-state index contributed by atoms with van der Waals surface area (Å²) in [5.41, 5.74) is 0. The summed E-state index contributed by atoms with van der Waals surface area (Å²) < 4.78 is 0. The van der Waals surface area contributed by atoms with Gasteiger partial charge in [-0.25, -0.2) is 0 Å². The number of nitrogens with one attached hydrogen (secondary N) is 1. The molecule has 1 aromatic rings. The van der Waals surface area contributed by atoms with Gasteiger partial charge in [-0.05, 0) is 23.8 Å². The fourth-order valence-corrected chi connectivity index (χ4v) is 2.64. The first-order chi connectivity index (χ1) is 6.75. The Morgan fingerprint density at radius 1 is 1.36 bits per heavy atom. The Hall–Kier alpha value is -0.260. The van der Waals surface area contributed by atoms with Gasteiger partial charge in [0.05, 0.1) is 0 Å². The zero-order valence-corrected chi connectivity index (χ0v) is 9.53. The topological polar surface area (TPSA) is 50.7 Å². The maximum absolute atomic E-state index is 5.81. The number of hydrogen-bond donors (Lipinski definition) is 1. The third-order valence-corrected chi connectivity index (χ3v) is 3.47. The molecule has 14 heavy (non-hydrogen) atoms. The van der Waals surface area contributed by atoms with Crippen molar-refractivity contribution in [3.63, 3.8) is 0 Å². The Balaban J connectivity index is 2.10. The molecule has 1 atom stereocenters. The standard InChI is InChI=1S/C7H8Cl2N4S/c8-5-6(11-7(9)13-12-5)10-4-1-2-14-3-4/h4H,1-3H2,(H,10,11,13). The summed E-state index contributed by atoms with van der Waals surface area (Å²) in [7, 11) is 0. The number of rotatable bonds is 2. The Bertz CT molecular complexity index is 329. The predicted octanol–water partition coefficient (Wildman–Crippen LogP) is 2.10. The van der Waals surface area contributed by atoms with E-state index in [1.54, 1.807) is 0 Å². The fourth-order valence-electron chi connectivity index (χ4n) is 1.23. The molecule has 0 aliphatic carbocycles. The van der Waals surface area contributed by atoms with Gasteiger partial charge in [-0.1, -0.05) is 11.6 Å². The average Bonchev–Trinajstić information content (AvgIpc) is 2.64. The molecule has 0 spiro atoms. The fraction of sp³-hybridized carbons (Fsp3) is 0.571. The second-order valence-corrected chi connectivity index (χ2v) is 4.77. The molecule has 4 nitrogen and oxygen atoms in total. The lowest BCUT2D eigenvalue weighted by Crippen LogP contribution is -2.19. The molecule has 1 aromatic heterocycles. The smallest absolute Gasteiger partial charge is 0.245 e. The molecular weight excluding hydrogens is 243 g/mol. The lowest BCUT2D eigenvalue weighted by Gasteiger charge is -2.11. The number of halogens is 2. The molecule has 1 saturated heterocycles. The summed E-state index contributed by atoms with van der Waals surface area (Å²) in [6.07, 6.45) is 1.11. The highest BCUT2D eigenvalue weighted by Gasteiger charge is 2.17. The quantitative estimate of drug-likeness (QED) is 0.872. The summed E-state index contributed by atoms with van der Waals surface area (Å²) in [5, 5.41) is 10.8. The Kier molecular flexibility index (Phi) is 3.30. The second-order valence-electron chi connectivity index (χ2n) is 2.93. The minimum absolute atomic E-state index is 0.113. The molecule has 7 heteroatoms. The van der Waals surface area contributed by atoms with Crippen LogP contribution in [0.5, 0.6) is 0 Å². The highest BCUT2D eigenvalue weighted by atomic mass is 35.5. The highest BCUT2D eigenvalue weighted by Crippen LogP contribution is 2.23. The Morgan fingerprint density at radius 3 is 2.93 bits per heavy atom. The van der Waals surface area contributed by atoms with Gasteiger partial charge >= 0.3 is 0 Å². The van der Waals surface area contributed by atoms with Crippen LogP contribution in [0, 0.1) is 0 Å². The van der Waals surface area contributed by atoms with Crippen molar-refractivity contribution >= 4 is 40.8 Å². The van der Waals surface area contributed by atoms with Gasteiger partial charge in [0.1, 0.15) is 0 Å². The molecule has 2 heterocycles. The number of hydrogen-bond acceptors (Lipinski definition) is 5. The molecule has 0 amide bonds. The zero-order valence-electron chi connectivity index (χ0n) is 7.20. The Labute approximate surface area is 95.8 Å². The van der Waals surface area contributed by atoms with Crippen molar-refractivity contribution in [2.75, 3.05) is 16.8 Å². The van der Waals surface area contributed by atoms with E-state index in [2.05, 4.69) is 20.5 Å². The lowest BCUT2D eigenvalue weighted by atomic mass is 10.3. The number of aromatic nitrogens is 3. The van der Waals surface area contributed by atoms with Crippen LogP contribution in [0.25, 0.3) is 0 Å². The van der Waals surface area contributed by atoms with Crippen molar-refractivity contribution in [1.29, 1.82) is 0 Å². The molecule has 1 aliphatic rings. The van der Waals surface area contributed by atoms with Crippen LogP contribution in [-0.4, -0.2) is 32.7 Å². The van der Waals surface area contributed by atoms with Crippen molar-refractivity contribution in [2.45, 2.75) is 12.5 Å². The molecule has 76 valence electrons. The van der Waals surface area contributed by atoms with E-state index in [0.29, 0.717) is 11.9 Å². The van der Waals surface area contributed by atoms with Crippen molar-refractivity contribution in [3.05, 3.63) is 10.4 Å². The van der Waals surface area contributed by atoms with Crippen molar-refractivity contribution < 1.29 is 0 Å². The van der Waals surface area contributed by atoms with Gasteiger partial charge in [0.15, 0.2) is 11.0 Å². The van der Waals surface area contributed by atoms with E-state index >= 15 is 0 Å².